The van der Waals surface area contributed by atoms with Gasteiger partial charge in [-0.1, -0.05) is 68.4 Å². The number of carbonyl (C=O) groups excluding carboxylic acids is 3. The average molecular weight is 525 g/mol. The first-order chi connectivity index (χ1) is 18.1. The number of nitrogens with one attached hydrogen (secondary N) is 1. The van der Waals surface area contributed by atoms with Gasteiger partial charge in [0, 0.05) is 25.3 Å². The molecule has 0 aliphatic carbocycles. The predicted octanol–water partition coefficient (Wildman–Crippen LogP) is 4.15. The minimum atomic E-state index is -1.10. The molecule has 2 rings (SSSR count). The summed E-state index contributed by atoms with van der Waals surface area (Å²) in [6.07, 6.45) is 1.39. The van der Waals surface area contributed by atoms with Gasteiger partial charge >= 0.3 is 11.9 Å². The van der Waals surface area contributed by atoms with Gasteiger partial charge in [0.25, 0.3) is 0 Å². The van der Waals surface area contributed by atoms with Gasteiger partial charge in [-0.25, -0.2) is 0 Å². The summed E-state index contributed by atoms with van der Waals surface area (Å²) in [4.78, 5) is 48.2. The second-order valence-electron chi connectivity index (χ2n) is 9.95. The van der Waals surface area contributed by atoms with Gasteiger partial charge in [0.15, 0.2) is 0 Å². The fraction of sp³-hybridized carbons (Fsp3) is 0.467. The highest BCUT2D eigenvalue weighted by Gasteiger charge is 2.23. The van der Waals surface area contributed by atoms with E-state index in [1.165, 1.54) is 0 Å². The van der Waals surface area contributed by atoms with Crippen molar-refractivity contribution in [2.45, 2.75) is 71.4 Å². The Balaban J connectivity index is 1.98. The second-order valence-corrected chi connectivity index (χ2v) is 9.95. The molecule has 0 spiro atoms. The maximum atomic E-state index is 12.7. The molecule has 0 aliphatic rings. The topological polar surface area (TPSA) is 136 Å². The summed E-state index contributed by atoms with van der Waals surface area (Å²) >= 11 is 0. The molecule has 206 valence electrons. The van der Waals surface area contributed by atoms with E-state index in [-0.39, 0.29) is 55.3 Å². The molecule has 0 heterocycles. The van der Waals surface area contributed by atoms with Crippen LogP contribution in [0.5, 0.6) is 0 Å². The molecule has 0 aromatic heterocycles. The molecule has 1 amide bonds. The van der Waals surface area contributed by atoms with Crippen LogP contribution in [0.15, 0.2) is 54.6 Å². The Morgan fingerprint density at radius 1 is 0.921 bits per heavy atom. The lowest BCUT2D eigenvalue weighted by molar-refractivity contribution is -0.148. The second kappa shape index (κ2) is 15.7. The smallest absolute Gasteiger partial charge is 0.320 e. The third kappa shape index (κ3) is 10.8. The fourth-order valence-electron chi connectivity index (χ4n) is 4.41. The maximum absolute atomic E-state index is 12.7. The molecular weight excluding hydrogens is 484 g/mol. The number of carboxylic acids is 1. The molecular formula is C30H40N2O6. The Bertz CT molecular complexity index is 1050. The molecule has 0 bridgehead atoms. The standard InChI is InChI=1S/C30H40N2O6/c1-4-38-30(37)21(3)18-25(19-22-10-12-24(13-11-22)23-8-6-5-7-9-23)32-28(34)15-14-26(33)16-20(2)17-27(31)29(35)36/h5-13,20-21,25,27H,4,14-19,31H2,1-3H3,(H,32,34)(H,35,36)/t20?,21-,25+,27+/m1/s1. The SMILES string of the molecule is CCOC(=O)[C@H](C)C[C@@H](Cc1ccc(-c2ccccc2)cc1)NC(=O)CCC(=O)CC(C)C[C@H](N)C(=O)O. The van der Waals surface area contributed by atoms with E-state index in [9.17, 15) is 19.2 Å². The molecule has 4 N–H and O–H groups in total. The van der Waals surface area contributed by atoms with Crippen molar-refractivity contribution in [1.82, 2.24) is 5.32 Å². The molecule has 0 saturated heterocycles. The molecule has 0 fully saturated rings. The Morgan fingerprint density at radius 2 is 1.55 bits per heavy atom. The van der Waals surface area contributed by atoms with E-state index in [1.54, 1.807) is 20.8 Å². The van der Waals surface area contributed by atoms with Crippen molar-refractivity contribution in [3.8, 4) is 11.1 Å². The number of esters is 1. The van der Waals surface area contributed by atoms with Crippen LogP contribution in [-0.2, 0) is 30.3 Å². The average Bonchev–Trinajstić information content (AvgIpc) is 2.88. The Hall–Kier alpha value is -3.52. The van der Waals surface area contributed by atoms with Gasteiger partial charge < -0.3 is 20.9 Å². The van der Waals surface area contributed by atoms with E-state index in [4.69, 9.17) is 15.6 Å². The molecule has 0 radical (unpaired) electrons. The van der Waals surface area contributed by atoms with Crippen molar-refractivity contribution < 1.29 is 29.0 Å². The van der Waals surface area contributed by atoms with E-state index in [0.29, 0.717) is 19.4 Å². The highest BCUT2D eigenvalue weighted by molar-refractivity contribution is 5.85. The number of ether oxygens (including phenoxy) is 1. The lowest BCUT2D eigenvalue weighted by Crippen LogP contribution is -2.39. The van der Waals surface area contributed by atoms with E-state index in [2.05, 4.69) is 5.32 Å². The lowest BCUT2D eigenvalue weighted by Gasteiger charge is -2.22. The van der Waals surface area contributed by atoms with Gasteiger partial charge in [0.1, 0.15) is 11.8 Å². The van der Waals surface area contributed by atoms with Gasteiger partial charge in [-0.3, -0.25) is 19.2 Å². The number of hydrogen-bond acceptors (Lipinski definition) is 6. The largest absolute Gasteiger partial charge is 0.480 e. The van der Waals surface area contributed by atoms with Crippen LogP contribution in [0.4, 0.5) is 0 Å². The summed E-state index contributed by atoms with van der Waals surface area (Å²) in [7, 11) is 0. The fourth-order valence-corrected chi connectivity index (χ4v) is 4.41. The molecule has 38 heavy (non-hydrogen) atoms. The van der Waals surface area contributed by atoms with E-state index in [1.807, 2.05) is 54.6 Å². The monoisotopic (exact) mass is 524 g/mol. The number of ketones is 1. The zero-order chi connectivity index (χ0) is 28.1. The minimum Gasteiger partial charge on any atom is -0.480 e. The minimum absolute atomic E-state index is 0.0216. The highest BCUT2D eigenvalue weighted by Crippen LogP contribution is 2.21. The molecule has 8 nitrogen and oxygen atoms in total. The van der Waals surface area contributed by atoms with E-state index in [0.717, 1.165) is 16.7 Å². The van der Waals surface area contributed by atoms with Crippen LogP contribution < -0.4 is 11.1 Å². The van der Waals surface area contributed by atoms with Crippen LogP contribution in [0.25, 0.3) is 11.1 Å². The first-order valence-electron chi connectivity index (χ1n) is 13.2. The van der Waals surface area contributed by atoms with Crippen LogP contribution in [0, 0.1) is 11.8 Å². The first-order valence-corrected chi connectivity index (χ1v) is 13.2. The first kappa shape index (κ1) is 30.7. The Morgan fingerprint density at radius 3 is 2.16 bits per heavy atom. The molecule has 0 saturated carbocycles. The number of carbonyl (C=O) groups is 4. The number of carboxylic acid groups (broad SMARTS) is 1. The summed E-state index contributed by atoms with van der Waals surface area (Å²) < 4.78 is 5.14. The Kier molecular flexibility index (Phi) is 12.7. The van der Waals surface area contributed by atoms with Gasteiger partial charge in [-0.2, -0.15) is 0 Å². The number of hydrogen-bond donors (Lipinski definition) is 3. The zero-order valence-electron chi connectivity index (χ0n) is 22.5. The number of amides is 1. The van der Waals surface area contributed by atoms with Crippen molar-refractivity contribution in [3.05, 3.63) is 60.2 Å². The van der Waals surface area contributed by atoms with Crippen LogP contribution in [0.1, 0.15) is 58.4 Å². The highest BCUT2D eigenvalue weighted by atomic mass is 16.5. The summed E-state index contributed by atoms with van der Waals surface area (Å²) in [5.74, 6) is -2.37. The van der Waals surface area contributed by atoms with Gasteiger partial charge in [-0.05, 0) is 48.8 Å². The molecule has 4 atom stereocenters. The molecule has 2 aromatic rings. The van der Waals surface area contributed by atoms with Crippen LogP contribution >= 0.6 is 0 Å². The van der Waals surface area contributed by atoms with Crippen molar-refractivity contribution in [3.63, 3.8) is 0 Å². The van der Waals surface area contributed by atoms with Gasteiger partial charge in [0.05, 0.1) is 12.5 Å². The zero-order valence-corrected chi connectivity index (χ0v) is 22.5. The predicted molar refractivity (Wildman–Crippen MR) is 146 cm³/mol. The molecule has 8 heteroatoms. The lowest BCUT2D eigenvalue weighted by atomic mass is 9.94. The number of rotatable bonds is 16. The number of Topliss-reactive ketones (excluding diaryl/α,β-unsaturated/α-hetero) is 1. The quantitative estimate of drug-likeness (QED) is 0.281. The third-order valence-corrected chi connectivity index (χ3v) is 6.42. The van der Waals surface area contributed by atoms with Gasteiger partial charge in [0.2, 0.25) is 5.91 Å². The normalized spacial score (nSPS) is 14.1. The van der Waals surface area contributed by atoms with E-state index >= 15 is 0 Å². The third-order valence-electron chi connectivity index (χ3n) is 6.42. The summed E-state index contributed by atoms with van der Waals surface area (Å²) in [5.41, 5.74) is 8.77. The summed E-state index contributed by atoms with van der Waals surface area (Å²) in [5, 5.41) is 11.9. The van der Waals surface area contributed by atoms with Gasteiger partial charge in [-0.15, -0.1) is 0 Å². The Labute approximate surface area is 225 Å². The van der Waals surface area contributed by atoms with E-state index < -0.39 is 17.9 Å². The van der Waals surface area contributed by atoms with Crippen molar-refractivity contribution in [2.75, 3.05) is 6.61 Å². The van der Waals surface area contributed by atoms with Crippen molar-refractivity contribution in [2.24, 2.45) is 17.6 Å². The maximum Gasteiger partial charge on any atom is 0.320 e. The summed E-state index contributed by atoms with van der Waals surface area (Å²) in [6, 6.07) is 16.8. The summed E-state index contributed by atoms with van der Waals surface area (Å²) in [6.45, 7) is 5.60. The van der Waals surface area contributed by atoms with Crippen LogP contribution in [0.2, 0.25) is 0 Å². The number of nitrogens with two attached hydrogens (primary N) is 1. The van der Waals surface area contributed by atoms with Crippen molar-refractivity contribution >= 4 is 23.6 Å². The van der Waals surface area contributed by atoms with Crippen LogP contribution in [0.3, 0.4) is 0 Å². The molecule has 2 aromatic carbocycles. The number of benzene rings is 2. The van der Waals surface area contributed by atoms with Crippen molar-refractivity contribution in [1.29, 1.82) is 0 Å². The molecule has 1 unspecified atom stereocenters. The van der Waals surface area contributed by atoms with Crippen LogP contribution in [-0.4, -0.2) is 47.4 Å². The number of aliphatic carboxylic acids is 1. The molecule has 0 aliphatic heterocycles.